The van der Waals surface area contributed by atoms with Crippen molar-refractivity contribution < 1.29 is 8.83 Å². The van der Waals surface area contributed by atoms with Crippen LogP contribution in [0.1, 0.15) is 0 Å². The minimum atomic E-state index is 0.546. The average Bonchev–Trinajstić information content (AvgIpc) is 3.77. The SMILES string of the molecule is c1ccc(-c2ccc(-c3nc(-c4ccccc4)nc(-c4ccc(-c5ccc6c(c5)oc5ccccc56)c5c4oc4ccccc45)n3)cc2)cc1. The van der Waals surface area contributed by atoms with E-state index in [9.17, 15) is 0 Å². The molecule has 0 spiro atoms. The van der Waals surface area contributed by atoms with Crippen LogP contribution in [0, 0.1) is 0 Å². The van der Waals surface area contributed by atoms with E-state index in [2.05, 4.69) is 91.0 Å². The highest BCUT2D eigenvalue weighted by Crippen LogP contribution is 2.43. The number of furan rings is 2. The van der Waals surface area contributed by atoms with E-state index in [0.29, 0.717) is 17.5 Å². The summed E-state index contributed by atoms with van der Waals surface area (Å²) in [4.78, 5) is 15.1. The average molecular weight is 642 g/mol. The molecule has 3 aromatic heterocycles. The summed E-state index contributed by atoms with van der Waals surface area (Å²) in [6.07, 6.45) is 0. The molecule has 10 aromatic rings. The van der Waals surface area contributed by atoms with Crippen LogP contribution in [0.15, 0.2) is 173 Å². The Bertz CT molecular complexity index is 2850. The first-order valence-electron chi connectivity index (χ1n) is 16.6. The van der Waals surface area contributed by atoms with Gasteiger partial charge in [0.1, 0.15) is 22.3 Å². The van der Waals surface area contributed by atoms with Gasteiger partial charge in [-0.15, -0.1) is 0 Å². The Morgan fingerprint density at radius 2 is 0.820 bits per heavy atom. The molecule has 5 nitrogen and oxygen atoms in total. The lowest BCUT2D eigenvalue weighted by Crippen LogP contribution is -2.00. The molecule has 0 aliphatic heterocycles. The molecule has 5 heteroatoms. The molecule has 0 aliphatic rings. The second-order valence-corrected chi connectivity index (χ2v) is 12.4. The van der Waals surface area contributed by atoms with Crippen LogP contribution in [0.4, 0.5) is 0 Å². The summed E-state index contributed by atoms with van der Waals surface area (Å²) in [5, 5.41) is 4.23. The van der Waals surface area contributed by atoms with Crippen LogP contribution in [-0.2, 0) is 0 Å². The van der Waals surface area contributed by atoms with Crippen molar-refractivity contribution in [2.45, 2.75) is 0 Å². The molecule has 0 aliphatic carbocycles. The predicted molar refractivity (Wildman–Crippen MR) is 202 cm³/mol. The molecule has 10 rings (SSSR count). The summed E-state index contributed by atoms with van der Waals surface area (Å²) >= 11 is 0. The van der Waals surface area contributed by atoms with Crippen molar-refractivity contribution in [3.8, 4) is 56.4 Å². The molecule has 0 fully saturated rings. The van der Waals surface area contributed by atoms with E-state index in [1.54, 1.807) is 0 Å². The Balaban J connectivity index is 1.17. The smallest absolute Gasteiger partial charge is 0.167 e. The lowest BCUT2D eigenvalue weighted by Gasteiger charge is -2.11. The Morgan fingerprint density at radius 3 is 1.56 bits per heavy atom. The first-order chi connectivity index (χ1) is 24.8. The third-order valence-corrected chi connectivity index (χ3v) is 9.37. The van der Waals surface area contributed by atoms with Crippen LogP contribution in [0.2, 0.25) is 0 Å². The summed E-state index contributed by atoms with van der Waals surface area (Å²) in [7, 11) is 0. The van der Waals surface area contributed by atoms with Crippen molar-refractivity contribution >= 4 is 43.9 Å². The molecule has 0 saturated carbocycles. The Labute approximate surface area is 287 Å². The van der Waals surface area contributed by atoms with Gasteiger partial charge in [0.25, 0.3) is 0 Å². The number of benzene rings is 7. The quantitative estimate of drug-likeness (QED) is 0.187. The van der Waals surface area contributed by atoms with Crippen LogP contribution >= 0.6 is 0 Å². The summed E-state index contributed by atoms with van der Waals surface area (Å²) in [6.45, 7) is 0. The maximum absolute atomic E-state index is 6.67. The van der Waals surface area contributed by atoms with E-state index in [1.807, 2.05) is 72.8 Å². The van der Waals surface area contributed by atoms with Gasteiger partial charge in [0.2, 0.25) is 0 Å². The number of fused-ring (bicyclic) bond motifs is 6. The third kappa shape index (κ3) is 4.67. The fourth-order valence-electron chi connectivity index (χ4n) is 6.92. The van der Waals surface area contributed by atoms with Crippen molar-refractivity contribution in [3.63, 3.8) is 0 Å². The van der Waals surface area contributed by atoms with E-state index in [0.717, 1.165) is 82.8 Å². The van der Waals surface area contributed by atoms with Crippen LogP contribution in [0.5, 0.6) is 0 Å². The largest absolute Gasteiger partial charge is 0.456 e. The number of hydrogen-bond donors (Lipinski definition) is 0. The Morgan fingerprint density at radius 1 is 0.320 bits per heavy atom. The lowest BCUT2D eigenvalue weighted by molar-refractivity contribution is 0.668. The number of rotatable bonds is 5. The molecule has 0 unspecified atom stereocenters. The first-order valence-corrected chi connectivity index (χ1v) is 16.6. The molecule has 0 amide bonds. The monoisotopic (exact) mass is 641 g/mol. The maximum atomic E-state index is 6.67. The van der Waals surface area contributed by atoms with Crippen molar-refractivity contribution in [2.75, 3.05) is 0 Å². The topological polar surface area (TPSA) is 65.0 Å². The predicted octanol–water partition coefficient (Wildman–Crippen LogP) is 12.0. The maximum Gasteiger partial charge on any atom is 0.167 e. The molecule has 0 N–H and O–H groups in total. The normalized spacial score (nSPS) is 11.6. The van der Waals surface area contributed by atoms with Gasteiger partial charge >= 0.3 is 0 Å². The van der Waals surface area contributed by atoms with Gasteiger partial charge in [-0.1, -0.05) is 133 Å². The van der Waals surface area contributed by atoms with Crippen LogP contribution in [0.3, 0.4) is 0 Å². The van der Waals surface area contributed by atoms with Crippen LogP contribution in [0.25, 0.3) is 100 Å². The van der Waals surface area contributed by atoms with Gasteiger partial charge in [-0.2, -0.15) is 0 Å². The molecule has 3 heterocycles. The summed E-state index contributed by atoms with van der Waals surface area (Å²) < 4.78 is 12.9. The van der Waals surface area contributed by atoms with E-state index in [-0.39, 0.29) is 0 Å². The molecule has 234 valence electrons. The van der Waals surface area contributed by atoms with Crippen molar-refractivity contribution in [2.24, 2.45) is 0 Å². The summed E-state index contributed by atoms with van der Waals surface area (Å²) in [5.74, 6) is 1.74. The van der Waals surface area contributed by atoms with E-state index in [4.69, 9.17) is 23.8 Å². The van der Waals surface area contributed by atoms with Gasteiger partial charge in [-0.05, 0) is 52.6 Å². The lowest BCUT2D eigenvalue weighted by atomic mass is 9.96. The number of para-hydroxylation sites is 2. The van der Waals surface area contributed by atoms with Gasteiger partial charge < -0.3 is 8.83 Å². The highest BCUT2D eigenvalue weighted by atomic mass is 16.3. The molecule has 0 atom stereocenters. The Kier molecular flexibility index (Phi) is 6.42. The molecular weight excluding hydrogens is 615 g/mol. The zero-order chi connectivity index (χ0) is 33.0. The van der Waals surface area contributed by atoms with E-state index < -0.39 is 0 Å². The second kappa shape index (κ2) is 11.4. The molecule has 0 radical (unpaired) electrons. The molecule has 0 saturated heterocycles. The molecular formula is C45H27N3O2. The standard InChI is InChI=1S/C45H27N3O2/c1-3-11-28(12-4-1)29-19-21-31(22-20-29)44-46-43(30-13-5-2-6-14-30)47-45(48-44)37-26-25-33(41-36-16-8-10-18-39(36)50-42(37)41)32-23-24-35-34-15-7-9-17-38(34)49-40(35)27-32/h1-27H. The minimum absolute atomic E-state index is 0.546. The zero-order valence-corrected chi connectivity index (χ0v) is 26.7. The summed E-state index contributed by atoms with van der Waals surface area (Å²) in [5.41, 5.74) is 10.2. The van der Waals surface area contributed by atoms with Gasteiger partial charge in [0.15, 0.2) is 17.5 Å². The van der Waals surface area contributed by atoms with Crippen LogP contribution in [-0.4, -0.2) is 15.0 Å². The molecule has 50 heavy (non-hydrogen) atoms. The summed E-state index contributed by atoms with van der Waals surface area (Å²) in [6, 6.07) is 55.7. The van der Waals surface area contributed by atoms with Gasteiger partial charge in [-0.25, -0.2) is 15.0 Å². The molecule has 0 bridgehead atoms. The van der Waals surface area contributed by atoms with Gasteiger partial charge in [0, 0.05) is 32.7 Å². The highest BCUT2D eigenvalue weighted by molar-refractivity contribution is 6.16. The zero-order valence-electron chi connectivity index (χ0n) is 26.7. The number of nitrogens with zero attached hydrogens (tertiary/aromatic N) is 3. The molecule has 7 aromatic carbocycles. The van der Waals surface area contributed by atoms with Crippen LogP contribution < -0.4 is 0 Å². The van der Waals surface area contributed by atoms with E-state index >= 15 is 0 Å². The van der Waals surface area contributed by atoms with Gasteiger partial charge in [0.05, 0.1) is 5.56 Å². The van der Waals surface area contributed by atoms with E-state index in [1.165, 1.54) is 0 Å². The van der Waals surface area contributed by atoms with Crippen molar-refractivity contribution in [3.05, 3.63) is 164 Å². The Hall–Kier alpha value is -6.85. The minimum Gasteiger partial charge on any atom is -0.456 e. The second-order valence-electron chi connectivity index (χ2n) is 12.4. The third-order valence-electron chi connectivity index (χ3n) is 9.37. The van der Waals surface area contributed by atoms with Crippen molar-refractivity contribution in [1.82, 2.24) is 15.0 Å². The fraction of sp³-hybridized carbons (Fsp3) is 0. The van der Waals surface area contributed by atoms with Gasteiger partial charge in [-0.3, -0.25) is 0 Å². The number of aromatic nitrogens is 3. The van der Waals surface area contributed by atoms with Crippen molar-refractivity contribution in [1.29, 1.82) is 0 Å². The first kappa shape index (κ1) is 28.2. The number of hydrogen-bond acceptors (Lipinski definition) is 5. The fourth-order valence-corrected chi connectivity index (χ4v) is 6.92. The highest BCUT2D eigenvalue weighted by Gasteiger charge is 2.21.